The number of aromatic hydroxyl groups is 1. The molecule has 0 fully saturated rings. The number of hydrogen-bond donors (Lipinski definition) is 3. The van der Waals surface area contributed by atoms with E-state index in [1.54, 1.807) is 6.07 Å². The number of aryl methyl sites for hydroxylation is 1. The van der Waals surface area contributed by atoms with Crippen molar-refractivity contribution in [3.05, 3.63) is 35.9 Å². The first kappa shape index (κ1) is 15.6. The van der Waals surface area contributed by atoms with Crippen LogP contribution in [0.4, 0.5) is 0 Å². The summed E-state index contributed by atoms with van der Waals surface area (Å²) in [5.74, 6) is 0.962. The number of aliphatic hydroxyl groups excluding tert-OH is 1. The van der Waals surface area contributed by atoms with E-state index in [4.69, 9.17) is 4.74 Å². The Morgan fingerprint density at radius 3 is 2.52 bits per heavy atom. The third kappa shape index (κ3) is 3.86. The summed E-state index contributed by atoms with van der Waals surface area (Å²) in [5, 5.41) is 24.7. The molecule has 0 radical (unpaired) electrons. The summed E-state index contributed by atoms with van der Waals surface area (Å²) in [4.78, 5) is 0. The van der Waals surface area contributed by atoms with Gasteiger partial charge in [-0.25, -0.2) is 0 Å². The van der Waals surface area contributed by atoms with Gasteiger partial charge in [-0.3, -0.25) is 0 Å². The highest BCUT2D eigenvalue weighted by Crippen LogP contribution is 2.35. The largest absolute Gasteiger partial charge is 0.507 e. The van der Waals surface area contributed by atoms with Crippen molar-refractivity contribution < 1.29 is 14.9 Å². The zero-order chi connectivity index (χ0) is 15.4. The molecule has 1 atom stereocenters. The Morgan fingerprint density at radius 2 is 1.86 bits per heavy atom. The fourth-order valence-corrected chi connectivity index (χ4v) is 2.27. The normalized spacial score (nSPS) is 12.8. The van der Waals surface area contributed by atoms with Crippen LogP contribution in [-0.4, -0.2) is 35.5 Å². The average molecular weight is 289 g/mol. The van der Waals surface area contributed by atoms with E-state index in [1.807, 2.05) is 45.0 Å². The molecule has 2 aromatic rings. The van der Waals surface area contributed by atoms with Gasteiger partial charge < -0.3 is 20.3 Å². The van der Waals surface area contributed by atoms with Crippen molar-refractivity contribution >= 4 is 10.8 Å². The first-order valence-electron chi connectivity index (χ1n) is 7.24. The molecule has 1 unspecified atom stereocenters. The van der Waals surface area contributed by atoms with E-state index in [1.165, 1.54) is 0 Å². The molecule has 3 N–H and O–H groups in total. The van der Waals surface area contributed by atoms with Crippen molar-refractivity contribution in [2.75, 3.05) is 13.2 Å². The van der Waals surface area contributed by atoms with Gasteiger partial charge in [0.25, 0.3) is 0 Å². The van der Waals surface area contributed by atoms with Gasteiger partial charge >= 0.3 is 0 Å². The number of hydrogen-bond acceptors (Lipinski definition) is 4. The number of phenols is 1. The average Bonchev–Trinajstić information content (AvgIpc) is 2.45. The lowest BCUT2D eigenvalue weighted by atomic mass is 10.0. The Morgan fingerprint density at radius 1 is 1.19 bits per heavy atom. The Balaban J connectivity index is 2.15. The van der Waals surface area contributed by atoms with Crippen molar-refractivity contribution in [2.24, 2.45) is 0 Å². The van der Waals surface area contributed by atoms with Crippen LogP contribution in [0.1, 0.15) is 19.4 Å². The molecule has 4 heteroatoms. The molecule has 2 aromatic carbocycles. The summed E-state index contributed by atoms with van der Waals surface area (Å²) < 4.78 is 5.80. The fourth-order valence-electron chi connectivity index (χ4n) is 2.27. The number of nitrogens with one attached hydrogen (secondary N) is 1. The van der Waals surface area contributed by atoms with Gasteiger partial charge in [-0.15, -0.1) is 0 Å². The van der Waals surface area contributed by atoms with E-state index in [0.29, 0.717) is 18.3 Å². The van der Waals surface area contributed by atoms with Gasteiger partial charge in [-0.05, 0) is 18.6 Å². The summed E-state index contributed by atoms with van der Waals surface area (Å²) in [5.41, 5.74) is 0.857. The number of benzene rings is 2. The van der Waals surface area contributed by atoms with Crippen LogP contribution in [0, 0.1) is 6.92 Å². The first-order chi connectivity index (χ1) is 9.99. The quantitative estimate of drug-likeness (QED) is 0.765. The van der Waals surface area contributed by atoms with Crippen molar-refractivity contribution in [3.8, 4) is 11.5 Å². The van der Waals surface area contributed by atoms with Crippen molar-refractivity contribution in [2.45, 2.75) is 32.9 Å². The third-order valence-corrected chi connectivity index (χ3v) is 3.34. The minimum absolute atomic E-state index is 0.218. The Kier molecular flexibility index (Phi) is 5.04. The summed E-state index contributed by atoms with van der Waals surface area (Å²) >= 11 is 0. The Hall–Kier alpha value is -1.78. The van der Waals surface area contributed by atoms with Crippen LogP contribution in [0.2, 0.25) is 0 Å². The molecule has 0 spiro atoms. The molecule has 0 saturated heterocycles. The van der Waals surface area contributed by atoms with Crippen LogP contribution in [0.15, 0.2) is 30.3 Å². The molecule has 0 saturated carbocycles. The highest BCUT2D eigenvalue weighted by atomic mass is 16.5. The van der Waals surface area contributed by atoms with Crippen LogP contribution in [-0.2, 0) is 0 Å². The summed E-state index contributed by atoms with van der Waals surface area (Å²) in [7, 11) is 0. The lowest BCUT2D eigenvalue weighted by molar-refractivity contribution is 0.105. The molecule has 0 aliphatic carbocycles. The van der Waals surface area contributed by atoms with Crippen LogP contribution < -0.4 is 10.1 Å². The topological polar surface area (TPSA) is 61.7 Å². The van der Waals surface area contributed by atoms with Crippen LogP contribution in [0.3, 0.4) is 0 Å². The van der Waals surface area contributed by atoms with Gasteiger partial charge in [-0.2, -0.15) is 0 Å². The maximum atomic E-state index is 9.98. The standard InChI is InChI=1S/C17H23NO3/c1-11(2)18-9-13(19)10-21-17-12(3)8-16(20)14-6-4-5-7-15(14)17/h4-8,11,13,18-20H,9-10H2,1-3H3. The van der Waals surface area contributed by atoms with Crippen molar-refractivity contribution in [1.82, 2.24) is 5.32 Å². The lowest BCUT2D eigenvalue weighted by Gasteiger charge is -2.17. The van der Waals surface area contributed by atoms with Gasteiger partial charge in [0.2, 0.25) is 0 Å². The number of rotatable bonds is 6. The second kappa shape index (κ2) is 6.78. The third-order valence-electron chi connectivity index (χ3n) is 3.34. The lowest BCUT2D eigenvalue weighted by Crippen LogP contribution is -2.35. The number of fused-ring (bicyclic) bond motifs is 1. The van der Waals surface area contributed by atoms with Gasteiger partial charge in [-0.1, -0.05) is 38.1 Å². The molecule has 21 heavy (non-hydrogen) atoms. The van der Waals surface area contributed by atoms with E-state index in [-0.39, 0.29) is 12.4 Å². The highest BCUT2D eigenvalue weighted by molar-refractivity contribution is 5.94. The summed E-state index contributed by atoms with van der Waals surface area (Å²) in [6.45, 7) is 6.67. The van der Waals surface area contributed by atoms with E-state index in [9.17, 15) is 10.2 Å². The Labute approximate surface area is 125 Å². The second-order valence-electron chi connectivity index (χ2n) is 5.62. The molecule has 0 aliphatic heterocycles. The number of phenolic OH excluding ortho intramolecular Hbond substituents is 1. The van der Waals surface area contributed by atoms with Crippen molar-refractivity contribution in [3.63, 3.8) is 0 Å². The molecule has 2 rings (SSSR count). The molecule has 4 nitrogen and oxygen atoms in total. The predicted molar refractivity (Wildman–Crippen MR) is 85.0 cm³/mol. The van der Waals surface area contributed by atoms with Crippen LogP contribution >= 0.6 is 0 Å². The van der Waals surface area contributed by atoms with Gasteiger partial charge in [0.05, 0.1) is 0 Å². The first-order valence-corrected chi connectivity index (χ1v) is 7.24. The van der Waals surface area contributed by atoms with E-state index >= 15 is 0 Å². The minimum atomic E-state index is -0.570. The zero-order valence-corrected chi connectivity index (χ0v) is 12.8. The Bertz CT molecular complexity index is 610. The van der Waals surface area contributed by atoms with E-state index in [0.717, 1.165) is 16.3 Å². The fraction of sp³-hybridized carbons (Fsp3) is 0.412. The van der Waals surface area contributed by atoms with Crippen LogP contribution in [0.5, 0.6) is 11.5 Å². The number of ether oxygens (including phenoxy) is 1. The molecule has 0 heterocycles. The minimum Gasteiger partial charge on any atom is -0.507 e. The molecule has 0 bridgehead atoms. The molecule has 0 aliphatic rings. The predicted octanol–water partition coefficient (Wildman–Crippen LogP) is 2.59. The van der Waals surface area contributed by atoms with Gasteiger partial charge in [0.1, 0.15) is 24.2 Å². The van der Waals surface area contributed by atoms with Crippen molar-refractivity contribution in [1.29, 1.82) is 0 Å². The molecule has 0 aromatic heterocycles. The van der Waals surface area contributed by atoms with Crippen LogP contribution in [0.25, 0.3) is 10.8 Å². The monoisotopic (exact) mass is 289 g/mol. The maximum absolute atomic E-state index is 9.98. The number of aliphatic hydroxyl groups is 1. The molecule has 114 valence electrons. The zero-order valence-electron chi connectivity index (χ0n) is 12.8. The highest BCUT2D eigenvalue weighted by Gasteiger charge is 2.12. The molecule has 0 amide bonds. The molecular weight excluding hydrogens is 266 g/mol. The SMILES string of the molecule is Cc1cc(O)c2ccccc2c1OCC(O)CNC(C)C. The van der Waals surface area contributed by atoms with Gasteiger partial charge in [0, 0.05) is 23.4 Å². The summed E-state index contributed by atoms with van der Waals surface area (Å²) in [6.07, 6.45) is -0.570. The summed E-state index contributed by atoms with van der Waals surface area (Å²) in [6, 6.07) is 9.57. The second-order valence-corrected chi connectivity index (χ2v) is 5.62. The molecular formula is C17H23NO3. The van der Waals surface area contributed by atoms with E-state index < -0.39 is 6.10 Å². The van der Waals surface area contributed by atoms with Gasteiger partial charge in [0.15, 0.2) is 0 Å². The maximum Gasteiger partial charge on any atom is 0.130 e. The smallest absolute Gasteiger partial charge is 0.130 e. The van der Waals surface area contributed by atoms with E-state index in [2.05, 4.69) is 5.32 Å².